The molecule has 2 fully saturated rings. The first-order valence-corrected chi connectivity index (χ1v) is 8.52. The van der Waals surface area contributed by atoms with Crippen LogP contribution in [0.2, 0.25) is 0 Å². The van der Waals surface area contributed by atoms with Crippen LogP contribution in [0.4, 0.5) is 5.69 Å². The van der Waals surface area contributed by atoms with Crippen LogP contribution in [0.25, 0.3) is 0 Å². The molecule has 0 spiro atoms. The zero-order valence-electron chi connectivity index (χ0n) is 13.7. The lowest BCUT2D eigenvalue weighted by Crippen LogP contribution is -2.32. The Morgan fingerprint density at radius 3 is 2.46 bits per heavy atom. The van der Waals surface area contributed by atoms with E-state index in [1.165, 1.54) is 6.42 Å². The van der Waals surface area contributed by atoms with Crippen molar-refractivity contribution in [2.45, 2.75) is 31.6 Å². The maximum atomic E-state index is 12.8. The summed E-state index contributed by atoms with van der Waals surface area (Å²) in [4.78, 5) is 14.4. The number of hydrogen-bond acceptors (Lipinski definition) is 3. The lowest BCUT2D eigenvalue weighted by molar-refractivity contribution is -0.119. The Labute approximate surface area is 141 Å². The zero-order chi connectivity index (χ0) is 16.7. The van der Waals surface area contributed by atoms with Crippen molar-refractivity contribution in [1.29, 1.82) is 5.26 Å². The molecule has 1 aromatic carbocycles. The van der Waals surface area contributed by atoms with Gasteiger partial charge in [-0.25, -0.2) is 0 Å². The number of amides is 1. The highest BCUT2D eigenvalue weighted by molar-refractivity contribution is 5.97. The first-order valence-electron chi connectivity index (χ1n) is 8.52. The van der Waals surface area contributed by atoms with E-state index in [-0.39, 0.29) is 24.3 Å². The third kappa shape index (κ3) is 2.71. The standard InChI is InChI=1S/C20H20N2O2/c1-13-11-15(13)18-7-8-19(24-18)16-12-17(16)20(23)22(10-9-21)14-5-3-2-4-6-14/h2-8,13,15-17H,10-12H2,1H3. The molecule has 0 N–H and O–H groups in total. The molecule has 2 aliphatic carbocycles. The molecule has 2 aromatic rings. The number of nitrogens with zero attached hydrogens (tertiary/aromatic N) is 2. The molecule has 2 aliphatic rings. The van der Waals surface area contributed by atoms with Gasteiger partial charge in [0.15, 0.2) is 0 Å². The molecule has 4 rings (SSSR count). The lowest BCUT2D eigenvalue weighted by Gasteiger charge is -2.19. The predicted octanol–water partition coefficient (Wildman–Crippen LogP) is 4.06. The molecule has 2 saturated carbocycles. The van der Waals surface area contributed by atoms with E-state index >= 15 is 0 Å². The second-order valence-corrected chi connectivity index (χ2v) is 6.93. The van der Waals surface area contributed by atoms with Gasteiger partial charge in [0.25, 0.3) is 0 Å². The van der Waals surface area contributed by atoms with E-state index in [1.54, 1.807) is 4.90 Å². The van der Waals surface area contributed by atoms with Crippen molar-refractivity contribution in [1.82, 2.24) is 0 Å². The number of furan rings is 1. The molecule has 0 aliphatic heterocycles. The van der Waals surface area contributed by atoms with Gasteiger partial charge in [-0.2, -0.15) is 5.26 Å². The van der Waals surface area contributed by atoms with Crippen LogP contribution >= 0.6 is 0 Å². The smallest absolute Gasteiger partial charge is 0.231 e. The van der Waals surface area contributed by atoms with Gasteiger partial charge in [-0.1, -0.05) is 25.1 Å². The molecule has 1 amide bonds. The highest BCUT2D eigenvalue weighted by Gasteiger charge is 2.48. The molecule has 0 saturated heterocycles. The molecular formula is C20H20N2O2. The fourth-order valence-corrected chi connectivity index (χ4v) is 3.44. The van der Waals surface area contributed by atoms with E-state index in [0.29, 0.717) is 11.8 Å². The van der Waals surface area contributed by atoms with Gasteiger partial charge in [0.05, 0.1) is 6.07 Å². The van der Waals surface area contributed by atoms with E-state index < -0.39 is 0 Å². The molecule has 4 heteroatoms. The van der Waals surface area contributed by atoms with Gasteiger partial charge >= 0.3 is 0 Å². The fourth-order valence-electron chi connectivity index (χ4n) is 3.44. The average Bonchev–Trinajstić information content (AvgIpc) is 3.51. The first-order chi connectivity index (χ1) is 11.7. The van der Waals surface area contributed by atoms with Crippen molar-refractivity contribution in [3.63, 3.8) is 0 Å². The van der Waals surface area contributed by atoms with Crippen LogP contribution in [-0.2, 0) is 4.79 Å². The number of hydrogen-bond donors (Lipinski definition) is 0. The summed E-state index contributed by atoms with van der Waals surface area (Å²) >= 11 is 0. The quantitative estimate of drug-likeness (QED) is 0.781. The van der Waals surface area contributed by atoms with Crippen molar-refractivity contribution in [3.8, 4) is 6.07 Å². The fraction of sp³-hybridized carbons (Fsp3) is 0.400. The van der Waals surface area contributed by atoms with Gasteiger partial charge in [-0.15, -0.1) is 0 Å². The number of carbonyl (C=O) groups excluding carboxylic acids is 1. The second-order valence-electron chi connectivity index (χ2n) is 6.93. The van der Waals surface area contributed by atoms with Crippen LogP contribution < -0.4 is 4.90 Å². The van der Waals surface area contributed by atoms with E-state index in [1.807, 2.05) is 36.4 Å². The molecule has 24 heavy (non-hydrogen) atoms. The van der Waals surface area contributed by atoms with Crippen molar-refractivity contribution in [2.75, 3.05) is 11.4 Å². The molecule has 4 atom stereocenters. The van der Waals surface area contributed by atoms with Crippen molar-refractivity contribution < 1.29 is 9.21 Å². The van der Waals surface area contributed by atoms with Gasteiger partial charge < -0.3 is 4.42 Å². The van der Waals surface area contributed by atoms with E-state index in [9.17, 15) is 4.79 Å². The number of carbonyl (C=O) groups is 1. The summed E-state index contributed by atoms with van der Waals surface area (Å²) in [5, 5.41) is 9.07. The van der Waals surface area contributed by atoms with Gasteiger partial charge in [0.1, 0.15) is 18.1 Å². The number of anilines is 1. The average molecular weight is 320 g/mol. The molecule has 122 valence electrons. The van der Waals surface area contributed by atoms with Crippen LogP contribution in [0.1, 0.15) is 43.1 Å². The Bertz CT molecular complexity index is 789. The Kier molecular flexibility index (Phi) is 3.65. The Morgan fingerprint density at radius 1 is 1.17 bits per heavy atom. The molecule has 1 aromatic heterocycles. The van der Waals surface area contributed by atoms with Gasteiger partial charge in [0, 0.05) is 23.4 Å². The third-order valence-corrected chi connectivity index (χ3v) is 5.16. The SMILES string of the molecule is CC1CC1c1ccc(C2CC2C(=O)N(CC#N)c2ccccc2)o1. The minimum Gasteiger partial charge on any atom is -0.465 e. The Balaban J connectivity index is 1.47. The van der Waals surface area contributed by atoms with Gasteiger partial charge in [-0.3, -0.25) is 9.69 Å². The lowest BCUT2D eigenvalue weighted by atomic mass is 10.2. The van der Waals surface area contributed by atoms with Gasteiger partial charge in [-0.05, 0) is 43.0 Å². The monoisotopic (exact) mass is 320 g/mol. The molecule has 0 radical (unpaired) electrons. The third-order valence-electron chi connectivity index (χ3n) is 5.16. The summed E-state index contributed by atoms with van der Waals surface area (Å²) in [7, 11) is 0. The van der Waals surface area contributed by atoms with Crippen molar-refractivity contribution >= 4 is 11.6 Å². The first kappa shape index (κ1) is 15.0. The topological polar surface area (TPSA) is 57.2 Å². The normalized spacial score (nSPS) is 27.3. The largest absolute Gasteiger partial charge is 0.465 e. The van der Waals surface area contributed by atoms with E-state index in [2.05, 4.69) is 19.1 Å². The summed E-state index contributed by atoms with van der Waals surface area (Å²) in [6.45, 7) is 2.31. The summed E-state index contributed by atoms with van der Waals surface area (Å²) < 4.78 is 5.99. The highest BCUT2D eigenvalue weighted by Crippen LogP contribution is 2.52. The van der Waals surface area contributed by atoms with Crippen molar-refractivity contribution in [3.05, 3.63) is 54.0 Å². The number of para-hydroxylation sites is 1. The zero-order valence-corrected chi connectivity index (χ0v) is 13.7. The van der Waals surface area contributed by atoms with Crippen LogP contribution in [0.5, 0.6) is 0 Å². The predicted molar refractivity (Wildman–Crippen MR) is 90.5 cm³/mol. The molecule has 0 bridgehead atoms. The number of benzene rings is 1. The maximum Gasteiger partial charge on any atom is 0.231 e. The Hall–Kier alpha value is -2.54. The molecular weight excluding hydrogens is 300 g/mol. The minimum atomic E-state index is -0.0748. The summed E-state index contributed by atoms with van der Waals surface area (Å²) in [6.07, 6.45) is 2.00. The minimum absolute atomic E-state index is 0.0190. The van der Waals surface area contributed by atoms with Crippen LogP contribution in [0, 0.1) is 23.2 Å². The number of rotatable bonds is 5. The summed E-state index contributed by atoms with van der Waals surface area (Å²) in [6, 6.07) is 15.6. The molecule has 1 heterocycles. The molecule has 4 nitrogen and oxygen atoms in total. The Morgan fingerprint density at radius 2 is 1.83 bits per heavy atom. The van der Waals surface area contributed by atoms with Crippen LogP contribution in [0.3, 0.4) is 0 Å². The summed E-state index contributed by atoms with van der Waals surface area (Å²) in [5.41, 5.74) is 0.779. The highest BCUT2D eigenvalue weighted by atomic mass is 16.3. The van der Waals surface area contributed by atoms with Gasteiger partial charge in [0.2, 0.25) is 5.91 Å². The van der Waals surface area contributed by atoms with E-state index in [4.69, 9.17) is 9.68 Å². The second kappa shape index (κ2) is 5.83. The maximum absolute atomic E-state index is 12.8. The van der Waals surface area contributed by atoms with Crippen LogP contribution in [-0.4, -0.2) is 12.5 Å². The molecule has 4 unspecified atom stereocenters. The van der Waals surface area contributed by atoms with Crippen molar-refractivity contribution in [2.24, 2.45) is 11.8 Å². The van der Waals surface area contributed by atoms with E-state index in [0.717, 1.165) is 23.6 Å². The van der Waals surface area contributed by atoms with Crippen LogP contribution in [0.15, 0.2) is 46.9 Å². The number of nitriles is 1. The summed E-state index contributed by atoms with van der Waals surface area (Å²) in [5.74, 6) is 3.36.